The van der Waals surface area contributed by atoms with Gasteiger partial charge in [0.1, 0.15) is 6.42 Å². The first kappa shape index (κ1) is 12.3. The highest BCUT2D eigenvalue weighted by atomic mass is 16.5. The minimum Gasteiger partial charge on any atom is -0.504 e. The summed E-state index contributed by atoms with van der Waals surface area (Å²) in [6.07, 6.45) is 1.69. The molecule has 2 N–H and O–H groups in total. The van der Waals surface area contributed by atoms with E-state index in [2.05, 4.69) is 0 Å². The van der Waals surface area contributed by atoms with Crippen LogP contribution in [-0.4, -0.2) is 22.8 Å². The first-order chi connectivity index (χ1) is 7.56. The summed E-state index contributed by atoms with van der Waals surface area (Å²) in [4.78, 5) is 10.5. The summed E-state index contributed by atoms with van der Waals surface area (Å²) in [5.74, 6) is -0.362. The van der Waals surface area contributed by atoms with Crippen molar-refractivity contribution in [1.29, 1.82) is 0 Å². The van der Waals surface area contributed by atoms with Gasteiger partial charge in [-0.3, -0.25) is 4.79 Å². The second kappa shape index (κ2) is 5.34. The Kier molecular flexibility index (Phi) is 4.10. The molecule has 5 nitrogen and oxygen atoms in total. The van der Waals surface area contributed by atoms with Gasteiger partial charge >= 0.3 is 5.97 Å². The number of nitrogens with zero attached hydrogens (tertiary/aromatic N) is 1. The fourth-order valence-electron chi connectivity index (χ4n) is 1.44. The lowest BCUT2D eigenvalue weighted by molar-refractivity contribution is -0.702. The molecule has 88 valence electrons. The predicted molar refractivity (Wildman–Crippen MR) is 56.5 cm³/mol. The first-order valence-electron chi connectivity index (χ1n) is 5.12. The average molecular weight is 226 g/mol. The lowest BCUT2D eigenvalue weighted by Gasteiger charge is -2.07. The van der Waals surface area contributed by atoms with Gasteiger partial charge in [0.2, 0.25) is 11.4 Å². The van der Waals surface area contributed by atoms with Gasteiger partial charge in [0.15, 0.2) is 18.5 Å². The number of carboxylic acid groups (broad SMARTS) is 1. The Bertz CT molecular complexity index is 390. The fourth-order valence-corrected chi connectivity index (χ4v) is 1.44. The number of aliphatic carboxylic acids is 1. The number of aryl methyl sites for hydroxylation is 1. The van der Waals surface area contributed by atoms with Crippen molar-refractivity contribution in [2.24, 2.45) is 0 Å². The molecule has 1 heterocycles. The van der Waals surface area contributed by atoms with Crippen molar-refractivity contribution in [2.45, 2.75) is 26.8 Å². The van der Waals surface area contributed by atoms with Crippen LogP contribution < -0.4 is 9.30 Å². The number of aromatic hydroxyl groups is 1. The van der Waals surface area contributed by atoms with Crippen LogP contribution in [0.1, 0.15) is 19.0 Å². The van der Waals surface area contributed by atoms with Gasteiger partial charge in [-0.05, 0) is 6.92 Å². The number of ether oxygens (including phenoxy) is 1. The molecule has 0 amide bonds. The van der Waals surface area contributed by atoms with E-state index in [4.69, 9.17) is 9.84 Å². The third-order valence-electron chi connectivity index (χ3n) is 2.26. The van der Waals surface area contributed by atoms with E-state index in [1.807, 2.05) is 6.92 Å². The highest BCUT2D eigenvalue weighted by molar-refractivity contribution is 5.66. The topological polar surface area (TPSA) is 70.6 Å². The maximum Gasteiger partial charge on any atom is 0.309 e. The third kappa shape index (κ3) is 2.85. The second-order valence-electron chi connectivity index (χ2n) is 3.39. The zero-order valence-electron chi connectivity index (χ0n) is 9.43. The van der Waals surface area contributed by atoms with Gasteiger partial charge in [0.25, 0.3) is 0 Å². The summed E-state index contributed by atoms with van der Waals surface area (Å²) >= 11 is 0. The molecule has 16 heavy (non-hydrogen) atoms. The number of hydrogen-bond donors (Lipinski definition) is 2. The molecule has 0 aliphatic carbocycles. The normalized spacial score (nSPS) is 10.1. The maximum atomic E-state index is 10.5. The quantitative estimate of drug-likeness (QED) is 0.730. The van der Waals surface area contributed by atoms with Crippen LogP contribution in [0, 0.1) is 6.92 Å². The first-order valence-corrected chi connectivity index (χ1v) is 5.12. The van der Waals surface area contributed by atoms with E-state index in [1.165, 1.54) is 6.07 Å². The second-order valence-corrected chi connectivity index (χ2v) is 3.39. The number of pyridine rings is 1. The van der Waals surface area contributed by atoms with Crippen LogP contribution in [0.25, 0.3) is 0 Å². The van der Waals surface area contributed by atoms with Crippen molar-refractivity contribution in [3.63, 3.8) is 0 Å². The zero-order chi connectivity index (χ0) is 12.1. The molecule has 5 heteroatoms. The Morgan fingerprint density at radius 2 is 2.25 bits per heavy atom. The summed E-state index contributed by atoms with van der Waals surface area (Å²) in [7, 11) is 0. The number of hydrogen-bond acceptors (Lipinski definition) is 3. The van der Waals surface area contributed by atoms with Gasteiger partial charge in [0.05, 0.1) is 6.61 Å². The minimum atomic E-state index is -0.849. The van der Waals surface area contributed by atoms with Crippen LogP contribution >= 0.6 is 0 Å². The van der Waals surface area contributed by atoms with Crippen LogP contribution in [0.15, 0.2) is 12.3 Å². The average Bonchev–Trinajstić information content (AvgIpc) is 2.23. The minimum absolute atomic E-state index is 0.0435. The van der Waals surface area contributed by atoms with E-state index in [9.17, 15) is 9.90 Å². The van der Waals surface area contributed by atoms with Crippen LogP contribution in [0.3, 0.4) is 0 Å². The smallest absolute Gasteiger partial charge is 0.309 e. The molecular formula is C11H16NO4+. The molecule has 0 aliphatic rings. The van der Waals surface area contributed by atoms with Gasteiger partial charge in [0, 0.05) is 13.0 Å². The summed E-state index contributed by atoms with van der Waals surface area (Å²) in [6, 6.07) is 1.50. The molecule has 0 unspecified atom stereocenters. The largest absolute Gasteiger partial charge is 0.504 e. The molecule has 0 aliphatic heterocycles. The lowest BCUT2D eigenvalue weighted by Crippen LogP contribution is -2.38. The van der Waals surface area contributed by atoms with Crippen molar-refractivity contribution >= 4 is 5.97 Å². The van der Waals surface area contributed by atoms with Crippen molar-refractivity contribution in [1.82, 2.24) is 0 Å². The molecule has 1 aromatic rings. The van der Waals surface area contributed by atoms with Crippen LogP contribution in [0.5, 0.6) is 11.5 Å². The van der Waals surface area contributed by atoms with Gasteiger partial charge in [-0.15, -0.1) is 0 Å². The van der Waals surface area contributed by atoms with Crippen molar-refractivity contribution in [3.8, 4) is 11.5 Å². The molecule has 0 spiro atoms. The Labute approximate surface area is 93.9 Å². The fraction of sp³-hybridized carbons (Fsp3) is 0.455. The highest BCUT2D eigenvalue weighted by Crippen LogP contribution is 2.26. The number of aromatic nitrogens is 1. The van der Waals surface area contributed by atoms with Gasteiger partial charge in [-0.25, -0.2) is 0 Å². The Balaban J connectivity index is 2.94. The van der Waals surface area contributed by atoms with Crippen molar-refractivity contribution in [3.05, 3.63) is 18.0 Å². The molecule has 1 rings (SSSR count). The highest BCUT2D eigenvalue weighted by Gasteiger charge is 2.17. The monoisotopic (exact) mass is 226 g/mol. The maximum absolute atomic E-state index is 10.5. The number of carbonyl (C=O) groups is 1. The van der Waals surface area contributed by atoms with Crippen LogP contribution in [-0.2, 0) is 11.3 Å². The molecular weight excluding hydrogens is 210 g/mol. The lowest BCUT2D eigenvalue weighted by atomic mass is 10.3. The van der Waals surface area contributed by atoms with E-state index in [0.29, 0.717) is 18.9 Å². The number of carboxylic acids is 1. The van der Waals surface area contributed by atoms with Gasteiger partial charge < -0.3 is 14.9 Å². The molecule has 0 saturated carbocycles. The zero-order valence-corrected chi connectivity index (χ0v) is 9.43. The van der Waals surface area contributed by atoms with Crippen molar-refractivity contribution in [2.75, 3.05) is 6.61 Å². The standard InChI is InChI=1S/C11H15NO4/c1-3-16-11-8(2)12(6-4-9(11)13)7-5-10(14)15/h4,6H,3,5,7H2,1-2H3,(H,14,15)/p+1. The Morgan fingerprint density at radius 1 is 1.56 bits per heavy atom. The molecule has 0 saturated heterocycles. The van der Waals surface area contributed by atoms with E-state index in [1.54, 1.807) is 17.7 Å². The predicted octanol–water partition coefficient (Wildman–Crippen LogP) is 0.862. The molecule has 0 aromatic carbocycles. The Morgan fingerprint density at radius 3 is 2.81 bits per heavy atom. The van der Waals surface area contributed by atoms with E-state index in [-0.39, 0.29) is 12.2 Å². The summed E-state index contributed by atoms with van der Waals surface area (Å²) in [5, 5.41) is 18.2. The number of rotatable bonds is 5. The van der Waals surface area contributed by atoms with E-state index >= 15 is 0 Å². The summed E-state index contributed by atoms with van der Waals surface area (Å²) in [6.45, 7) is 4.43. The van der Waals surface area contributed by atoms with Crippen molar-refractivity contribution < 1.29 is 24.3 Å². The van der Waals surface area contributed by atoms with Crippen LogP contribution in [0.2, 0.25) is 0 Å². The third-order valence-corrected chi connectivity index (χ3v) is 2.26. The molecule has 0 atom stereocenters. The Hall–Kier alpha value is -1.78. The van der Waals surface area contributed by atoms with Crippen LogP contribution in [0.4, 0.5) is 0 Å². The van der Waals surface area contributed by atoms with E-state index in [0.717, 1.165) is 5.69 Å². The molecule has 1 aromatic heterocycles. The molecule has 0 fully saturated rings. The SMILES string of the molecule is CCOc1c(O)cc[n+](CCC(=O)O)c1C. The molecule has 0 radical (unpaired) electrons. The van der Waals surface area contributed by atoms with Gasteiger partial charge in [-0.1, -0.05) is 0 Å². The summed E-state index contributed by atoms with van der Waals surface area (Å²) in [5.41, 5.74) is 0.725. The molecule has 0 bridgehead atoms. The summed E-state index contributed by atoms with van der Waals surface area (Å²) < 4.78 is 7.05. The van der Waals surface area contributed by atoms with Gasteiger partial charge in [-0.2, -0.15) is 4.57 Å². The van der Waals surface area contributed by atoms with E-state index < -0.39 is 5.97 Å².